The Morgan fingerprint density at radius 2 is 2.00 bits per heavy atom. The highest BCUT2D eigenvalue weighted by atomic mass is 16.1. The molecule has 0 spiro atoms. The maximum absolute atomic E-state index is 11.7. The van der Waals surface area contributed by atoms with Gasteiger partial charge in [-0.3, -0.25) is 4.79 Å². The third-order valence-electron chi connectivity index (χ3n) is 3.33. The molecule has 116 valence electrons. The van der Waals surface area contributed by atoms with Crippen LogP contribution in [0.2, 0.25) is 0 Å². The van der Waals surface area contributed by atoms with Gasteiger partial charge in [0.2, 0.25) is 11.9 Å². The summed E-state index contributed by atoms with van der Waals surface area (Å²) >= 11 is 0. The summed E-state index contributed by atoms with van der Waals surface area (Å²) in [6.45, 7) is 1.32. The SMILES string of the molecule is C#CCCC1(CCC(=O)NCCCNc2ncccn2)N=N1. The first-order chi connectivity index (χ1) is 10.7. The van der Waals surface area contributed by atoms with Gasteiger partial charge in [-0.05, 0) is 12.5 Å². The molecule has 2 heterocycles. The number of hydrogen-bond donors (Lipinski definition) is 2. The molecule has 0 saturated heterocycles. The zero-order valence-corrected chi connectivity index (χ0v) is 12.5. The zero-order valence-electron chi connectivity index (χ0n) is 12.5. The molecule has 0 fully saturated rings. The van der Waals surface area contributed by atoms with Crippen LogP contribution < -0.4 is 10.6 Å². The van der Waals surface area contributed by atoms with E-state index in [2.05, 4.69) is 36.8 Å². The van der Waals surface area contributed by atoms with Crippen LogP contribution in [0.1, 0.15) is 32.1 Å². The van der Waals surface area contributed by atoms with Crippen molar-refractivity contribution in [1.29, 1.82) is 0 Å². The predicted octanol–water partition coefficient (Wildman–Crippen LogP) is 1.75. The lowest BCUT2D eigenvalue weighted by atomic mass is 10.0. The van der Waals surface area contributed by atoms with Crippen molar-refractivity contribution in [2.75, 3.05) is 18.4 Å². The van der Waals surface area contributed by atoms with E-state index < -0.39 is 0 Å². The minimum Gasteiger partial charge on any atom is -0.356 e. The number of anilines is 1. The Morgan fingerprint density at radius 3 is 2.68 bits per heavy atom. The van der Waals surface area contributed by atoms with E-state index in [-0.39, 0.29) is 11.6 Å². The average Bonchev–Trinajstić information content (AvgIpc) is 3.32. The molecule has 0 bridgehead atoms. The number of nitrogens with zero attached hydrogens (tertiary/aromatic N) is 4. The van der Waals surface area contributed by atoms with Gasteiger partial charge in [-0.15, -0.1) is 12.3 Å². The molecule has 7 nitrogen and oxygen atoms in total. The van der Waals surface area contributed by atoms with Gasteiger partial charge in [-0.25, -0.2) is 9.97 Å². The molecule has 2 rings (SSSR count). The second kappa shape index (κ2) is 8.08. The molecule has 0 unspecified atom stereocenters. The molecule has 22 heavy (non-hydrogen) atoms. The van der Waals surface area contributed by atoms with Crippen molar-refractivity contribution in [1.82, 2.24) is 15.3 Å². The predicted molar refractivity (Wildman–Crippen MR) is 83.0 cm³/mol. The highest BCUT2D eigenvalue weighted by Gasteiger charge is 2.39. The van der Waals surface area contributed by atoms with Crippen molar-refractivity contribution >= 4 is 11.9 Å². The van der Waals surface area contributed by atoms with Gasteiger partial charge in [-0.2, -0.15) is 10.2 Å². The summed E-state index contributed by atoms with van der Waals surface area (Å²) in [4.78, 5) is 19.9. The lowest BCUT2D eigenvalue weighted by Crippen LogP contribution is -2.27. The fourth-order valence-corrected chi connectivity index (χ4v) is 1.98. The number of hydrogen-bond acceptors (Lipinski definition) is 6. The van der Waals surface area contributed by atoms with Crippen molar-refractivity contribution < 1.29 is 4.79 Å². The summed E-state index contributed by atoms with van der Waals surface area (Å²) in [5.41, 5.74) is -0.379. The smallest absolute Gasteiger partial charge is 0.222 e. The molecule has 1 aliphatic rings. The van der Waals surface area contributed by atoms with Crippen molar-refractivity contribution in [3.63, 3.8) is 0 Å². The lowest BCUT2D eigenvalue weighted by Gasteiger charge is -2.09. The number of nitrogens with one attached hydrogen (secondary N) is 2. The van der Waals surface area contributed by atoms with Gasteiger partial charge in [0.15, 0.2) is 5.66 Å². The summed E-state index contributed by atoms with van der Waals surface area (Å²) in [6.07, 6.45) is 11.8. The van der Waals surface area contributed by atoms with Crippen LogP contribution in [0.3, 0.4) is 0 Å². The molecule has 7 heteroatoms. The van der Waals surface area contributed by atoms with Gasteiger partial charge in [0, 0.05) is 51.2 Å². The van der Waals surface area contributed by atoms with E-state index in [4.69, 9.17) is 6.42 Å². The quantitative estimate of drug-likeness (QED) is 0.508. The molecule has 1 aromatic heterocycles. The third kappa shape index (κ3) is 5.48. The minimum atomic E-state index is -0.379. The Hall–Kier alpha value is -2.49. The van der Waals surface area contributed by atoms with Crippen LogP contribution in [0.25, 0.3) is 0 Å². The first kappa shape index (κ1) is 15.9. The lowest BCUT2D eigenvalue weighted by molar-refractivity contribution is -0.121. The van der Waals surface area contributed by atoms with E-state index in [0.717, 1.165) is 12.8 Å². The first-order valence-electron chi connectivity index (χ1n) is 7.39. The summed E-state index contributed by atoms with van der Waals surface area (Å²) in [5.74, 6) is 3.20. The summed E-state index contributed by atoms with van der Waals surface area (Å²) < 4.78 is 0. The third-order valence-corrected chi connectivity index (χ3v) is 3.33. The highest BCUT2D eigenvalue weighted by molar-refractivity contribution is 5.75. The van der Waals surface area contributed by atoms with E-state index in [9.17, 15) is 4.79 Å². The fraction of sp³-hybridized carbons (Fsp3) is 0.533. The molecular weight excluding hydrogens is 280 g/mol. The normalized spacial score (nSPS) is 14.1. The molecular formula is C15H20N6O. The topological polar surface area (TPSA) is 91.6 Å². The van der Waals surface area contributed by atoms with Crippen molar-refractivity contribution in [2.24, 2.45) is 10.2 Å². The van der Waals surface area contributed by atoms with E-state index in [1.54, 1.807) is 18.5 Å². The highest BCUT2D eigenvalue weighted by Crippen LogP contribution is 2.37. The van der Waals surface area contributed by atoms with Crippen LogP contribution in [-0.2, 0) is 4.79 Å². The molecule has 0 atom stereocenters. The van der Waals surface area contributed by atoms with Gasteiger partial charge in [0.05, 0.1) is 0 Å². The van der Waals surface area contributed by atoms with Gasteiger partial charge in [-0.1, -0.05) is 0 Å². The maximum atomic E-state index is 11.7. The molecule has 1 aliphatic heterocycles. The Morgan fingerprint density at radius 1 is 1.23 bits per heavy atom. The molecule has 1 amide bonds. The largest absolute Gasteiger partial charge is 0.356 e. The van der Waals surface area contributed by atoms with Gasteiger partial charge in [0.25, 0.3) is 0 Å². The Balaban J connectivity index is 1.50. The molecule has 1 aromatic rings. The second-order valence-corrected chi connectivity index (χ2v) is 5.09. The number of aromatic nitrogens is 2. The van der Waals surface area contributed by atoms with E-state index >= 15 is 0 Å². The first-order valence-corrected chi connectivity index (χ1v) is 7.39. The molecule has 0 radical (unpaired) electrons. The van der Waals surface area contributed by atoms with Gasteiger partial charge in [0.1, 0.15) is 0 Å². The Labute approximate surface area is 130 Å². The number of rotatable bonds is 10. The van der Waals surface area contributed by atoms with Crippen LogP contribution >= 0.6 is 0 Å². The number of amides is 1. The molecule has 0 aromatic carbocycles. The summed E-state index contributed by atoms with van der Waals surface area (Å²) in [6, 6.07) is 1.76. The van der Waals surface area contributed by atoms with Gasteiger partial charge >= 0.3 is 0 Å². The van der Waals surface area contributed by atoms with Crippen LogP contribution in [0, 0.1) is 12.3 Å². The molecule has 0 aliphatic carbocycles. The Kier molecular flexibility index (Phi) is 5.83. The fourth-order valence-electron chi connectivity index (χ4n) is 1.98. The summed E-state index contributed by atoms with van der Waals surface area (Å²) in [5, 5.41) is 14.0. The van der Waals surface area contributed by atoms with Gasteiger partial charge < -0.3 is 10.6 Å². The molecule has 2 N–H and O–H groups in total. The second-order valence-electron chi connectivity index (χ2n) is 5.09. The number of terminal acetylenes is 1. The van der Waals surface area contributed by atoms with Crippen LogP contribution in [0.5, 0.6) is 0 Å². The van der Waals surface area contributed by atoms with E-state index in [1.807, 2.05) is 0 Å². The Bertz CT molecular complexity index is 545. The number of carbonyl (C=O) groups is 1. The summed E-state index contributed by atoms with van der Waals surface area (Å²) in [7, 11) is 0. The van der Waals surface area contributed by atoms with E-state index in [0.29, 0.717) is 38.3 Å². The molecule has 0 saturated carbocycles. The maximum Gasteiger partial charge on any atom is 0.222 e. The standard InChI is InChI=1S/C15H20N6O/c1-2-3-7-15(20-21-15)8-6-13(22)16-9-4-10-17-14-18-11-5-12-19-14/h1,5,11-12H,3-4,6-10H2,(H,16,22)(H,17,18,19). The van der Waals surface area contributed by atoms with Crippen molar-refractivity contribution in [3.8, 4) is 12.3 Å². The van der Waals surface area contributed by atoms with Crippen LogP contribution in [0.4, 0.5) is 5.95 Å². The van der Waals surface area contributed by atoms with E-state index in [1.165, 1.54) is 0 Å². The monoisotopic (exact) mass is 300 g/mol. The average molecular weight is 300 g/mol. The zero-order chi connectivity index (χ0) is 15.7. The van der Waals surface area contributed by atoms with Crippen molar-refractivity contribution in [2.45, 2.75) is 37.8 Å². The minimum absolute atomic E-state index is 0.0216. The van der Waals surface area contributed by atoms with Crippen molar-refractivity contribution in [3.05, 3.63) is 18.5 Å². The number of carbonyl (C=O) groups excluding carboxylic acids is 1. The van der Waals surface area contributed by atoms with Crippen LogP contribution in [-0.4, -0.2) is 34.6 Å². The van der Waals surface area contributed by atoms with Crippen LogP contribution in [0.15, 0.2) is 28.7 Å².